The summed E-state index contributed by atoms with van der Waals surface area (Å²) in [5.74, 6) is 0.778. The molecule has 0 atom stereocenters. The van der Waals surface area contributed by atoms with E-state index in [2.05, 4.69) is 48.4 Å². The summed E-state index contributed by atoms with van der Waals surface area (Å²) >= 11 is 3.22. The zero-order chi connectivity index (χ0) is 16.2. The van der Waals surface area contributed by atoms with E-state index in [0.29, 0.717) is 11.6 Å². The lowest BCUT2D eigenvalue weighted by atomic mass is 10.1. The Morgan fingerprint density at radius 1 is 1.17 bits per heavy atom. The van der Waals surface area contributed by atoms with Gasteiger partial charge in [0.15, 0.2) is 5.13 Å². The number of nitrogens with zero attached hydrogens (tertiary/aromatic N) is 1. The molecule has 0 aliphatic rings. The Balaban J connectivity index is 1.57. The van der Waals surface area contributed by atoms with E-state index < -0.39 is 0 Å². The largest absolute Gasteiger partial charge is 0.302 e. The number of thioether (sulfide) groups is 1. The number of nitrogens with one attached hydrogen (secondary N) is 1. The third kappa shape index (κ3) is 4.12. The van der Waals surface area contributed by atoms with Crippen LogP contribution in [0.4, 0.5) is 5.13 Å². The van der Waals surface area contributed by atoms with E-state index in [4.69, 9.17) is 0 Å². The van der Waals surface area contributed by atoms with Gasteiger partial charge in [-0.25, -0.2) is 4.98 Å². The first-order valence-electron chi connectivity index (χ1n) is 7.47. The van der Waals surface area contributed by atoms with Crippen LogP contribution in [0.15, 0.2) is 47.4 Å². The Morgan fingerprint density at radius 3 is 2.70 bits per heavy atom. The molecule has 0 aliphatic carbocycles. The molecular formula is C18H18N2OS2. The van der Waals surface area contributed by atoms with Crippen molar-refractivity contribution in [3.63, 3.8) is 0 Å². The summed E-state index contributed by atoms with van der Waals surface area (Å²) in [6.45, 7) is 4.17. The Morgan fingerprint density at radius 2 is 1.91 bits per heavy atom. The number of amides is 1. The molecule has 0 saturated heterocycles. The molecule has 2 aromatic carbocycles. The van der Waals surface area contributed by atoms with E-state index in [-0.39, 0.29) is 5.91 Å². The number of thiazole rings is 1. The summed E-state index contributed by atoms with van der Waals surface area (Å²) in [5, 5.41) is 3.59. The van der Waals surface area contributed by atoms with Crippen molar-refractivity contribution in [2.75, 3.05) is 11.1 Å². The number of carbonyl (C=O) groups excluding carboxylic acids is 1. The summed E-state index contributed by atoms with van der Waals surface area (Å²) in [4.78, 5) is 17.7. The van der Waals surface area contributed by atoms with E-state index in [1.165, 1.54) is 27.4 Å². The molecule has 0 spiro atoms. The van der Waals surface area contributed by atoms with Crippen LogP contribution in [-0.4, -0.2) is 16.6 Å². The van der Waals surface area contributed by atoms with Crippen LogP contribution in [0.1, 0.15) is 17.5 Å². The molecule has 0 bridgehead atoms. The lowest BCUT2D eigenvalue weighted by molar-refractivity contribution is -0.115. The minimum atomic E-state index is 0.0148. The van der Waals surface area contributed by atoms with Gasteiger partial charge in [-0.15, -0.1) is 11.8 Å². The van der Waals surface area contributed by atoms with Gasteiger partial charge in [0.2, 0.25) is 5.91 Å². The highest BCUT2D eigenvalue weighted by molar-refractivity contribution is 7.99. The van der Waals surface area contributed by atoms with Crippen LogP contribution in [-0.2, 0) is 4.79 Å². The number of carbonyl (C=O) groups is 1. The van der Waals surface area contributed by atoms with E-state index >= 15 is 0 Å². The lowest BCUT2D eigenvalue weighted by Gasteiger charge is -2.02. The number of benzene rings is 2. The fourth-order valence-electron chi connectivity index (χ4n) is 2.19. The topological polar surface area (TPSA) is 42.0 Å². The van der Waals surface area contributed by atoms with Crippen LogP contribution in [0.2, 0.25) is 0 Å². The van der Waals surface area contributed by atoms with Crippen molar-refractivity contribution < 1.29 is 4.79 Å². The highest BCUT2D eigenvalue weighted by Crippen LogP contribution is 2.28. The van der Waals surface area contributed by atoms with Gasteiger partial charge in [0.25, 0.3) is 0 Å². The molecule has 3 nitrogen and oxygen atoms in total. The first-order valence-corrected chi connectivity index (χ1v) is 9.27. The average Bonchev–Trinajstić information content (AvgIpc) is 2.90. The van der Waals surface area contributed by atoms with Crippen LogP contribution in [0.3, 0.4) is 0 Å². The standard InChI is InChI=1S/C18H18N2OS2/c1-12-10-15-16(11-13(12)2)23-18(19-15)20-17(21)8-9-22-14-6-4-3-5-7-14/h3-7,10-11H,8-9H2,1-2H3,(H,19,20,21). The van der Waals surface area contributed by atoms with E-state index in [1.807, 2.05) is 18.2 Å². The fraction of sp³-hybridized carbons (Fsp3) is 0.222. The molecule has 0 unspecified atom stereocenters. The second-order valence-electron chi connectivity index (χ2n) is 5.38. The molecule has 118 valence electrons. The zero-order valence-electron chi connectivity index (χ0n) is 13.1. The van der Waals surface area contributed by atoms with Gasteiger partial charge in [-0.3, -0.25) is 4.79 Å². The number of hydrogen-bond acceptors (Lipinski definition) is 4. The predicted octanol–water partition coefficient (Wildman–Crippen LogP) is 5.03. The number of hydrogen-bond donors (Lipinski definition) is 1. The fourth-order valence-corrected chi connectivity index (χ4v) is 4.03. The van der Waals surface area contributed by atoms with Gasteiger partial charge >= 0.3 is 0 Å². The van der Waals surface area contributed by atoms with Gasteiger partial charge < -0.3 is 5.32 Å². The number of anilines is 1. The molecule has 1 aromatic heterocycles. The van der Waals surface area contributed by atoms with Crippen molar-refractivity contribution >= 4 is 44.4 Å². The van der Waals surface area contributed by atoms with Crippen LogP contribution >= 0.6 is 23.1 Å². The molecule has 1 amide bonds. The molecule has 5 heteroatoms. The molecule has 23 heavy (non-hydrogen) atoms. The molecule has 1 heterocycles. The van der Waals surface area contributed by atoms with Gasteiger partial charge in [-0.2, -0.15) is 0 Å². The van der Waals surface area contributed by atoms with Crippen molar-refractivity contribution in [2.24, 2.45) is 0 Å². The molecule has 0 fully saturated rings. The van der Waals surface area contributed by atoms with E-state index in [1.54, 1.807) is 11.8 Å². The molecule has 0 saturated carbocycles. The predicted molar refractivity (Wildman–Crippen MR) is 99.5 cm³/mol. The van der Waals surface area contributed by atoms with Crippen LogP contribution in [0, 0.1) is 13.8 Å². The smallest absolute Gasteiger partial charge is 0.226 e. The maximum absolute atomic E-state index is 12.1. The van der Waals surface area contributed by atoms with E-state index in [9.17, 15) is 4.79 Å². The lowest BCUT2D eigenvalue weighted by Crippen LogP contribution is -2.11. The molecule has 3 aromatic rings. The molecule has 0 aliphatic heterocycles. The Bertz CT molecular complexity index is 789. The first-order chi connectivity index (χ1) is 11.1. The summed E-state index contributed by atoms with van der Waals surface area (Å²) in [6.07, 6.45) is 0.480. The van der Waals surface area contributed by atoms with Gasteiger partial charge in [0, 0.05) is 17.1 Å². The van der Waals surface area contributed by atoms with Gasteiger partial charge in [0.1, 0.15) is 0 Å². The Hall–Kier alpha value is -1.85. The average molecular weight is 342 g/mol. The summed E-state index contributed by atoms with van der Waals surface area (Å²) in [6, 6.07) is 14.3. The number of aromatic nitrogens is 1. The second-order valence-corrected chi connectivity index (χ2v) is 7.58. The van der Waals surface area contributed by atoms with Crippen LogP contribution in [0.25, 0.3) is 10.2 Å². The minimum Gasteiger partial charge on any atom is -0.302 e. The Labute approximate surface area is 144 Å². The normalized spacial score (nSPS) is 10.9. The van der Waals surface area contributed by atoms with E-state index in [0.717, 1.165) is 16.0 Å². The maximum Gasteiger partial charge on any atom is 0.226 e. The van der Waals surface area contributed by atoms with Crippen LogP contribution < -0.4 is 5.32 Å². The summed E-state index contributed by atoms with van der Waals surface area (Å²) < 4.78 is 1.11. The Kier molecular flexibility index (Phi) is 4.98. The number of fused-ring (bicyclic) bond motifs is 1. The maximum atomic E-state index is 12.1. The summed E-state index contributed by atoms with van der Waals surface area (Å²) in [7, 11) is 0. The first kappa shape index (κ1) is 16.0. The molecule has 1 N–H and O–H groups in total. The van der Waals surface area contributed by atoms with Crippen molar-refractivity contribution in [2.45, 2.75) is 25.2 Å². The zero-order valence-corrected chi connectivity index (χ0v) is 14.8. The van der Waals surface area contributed by atoms with Gasteiger partial charge in [0.05, 0.1) is 10.2 Å². The summed E-state index contributed by atoms with van der Waals surface area (Å²) in [5.41, 5.74) is 3.42. The molecule has 0 radical (unpaired) electrons. The van der Waals surface area contributed by atoms with Crippen molar-refractivity contribution in [1.82, 2.24) is 4.98 Å². The van der Waals surface area contributed by atoms with Crippen LogP contribution in [0.5, 0.6) is 0 Å². The quantitative estimate of drug-likeness (QED) is 0.661. The highest BCUT2D eigenvalue weighted by atomic mass is 32.2. The van der Waals surface area contributed by atoms with Crippen molar-refractivity contribution in [1.29, 1.82) is 0 Å². The van der Waals surface area contributed by atoms with Gasteiger partial charge in [-0.05, 0) is 49.2 Å². The molecular weight excluding hydrogens is 324 g/mol. The monoisotopic (exact) mass is 342 g/mol. The van der Waals surface area contributed by atoms with Crippen molar-refractivity contribution in [3.05, 3.63) is 53.6 Å². The third-order valence-electron chi connectivity index (χ3n) is 3.59. The number of rotatable bonds is 5. The van der Waals surface area contributed by atoms with Gasteiger partial charge in [-0.1, -0.05) is 29.5 Å². The third-order valence-corrected chi connectivity index (χ3v) is 5.54. The molecule has 3 rings (SSSR count). The second kappa shape index (κ2) is 7.15. The SMILES string of the molecule is Cc1cc2nc(NC(=O)CCSc3ccccc3)sc2cc1C. The highest BCUT2D eigenvalue weighted by Gasteiger charge is 2.09. The minimum absolute atomic E-state index is 0.0148. The number of aryl methyl sites for hydroxylation is 2. The van der Waals surface area contributed by atoms with Crippen molar-refractivity contribution in [3.8, 4) is 0 Å².